The molecule has 1 aromatic carbocycles. The fourth-order valence-corrected chi connectivity index (χ4v) is 3.58. The van der Waals surface area contributed by atoms with Crippen LogP contribution in [0.15, 0.2) is 41.1 Å². The van der Waals surface area contributed by atoms with Crippen LogP contribution in [0.25, 0.3) is 16.7 Å². The number of fused-ring (bicyclic) bond motifs is 2. The molecule has 0 radical (unpaired) electrons. The van der Waals surface area contributed by atoms with Crippen LogP contribution in [0.5, 0.6) is 0 Å². The minimum Gasteiger partial charge on any atom is -0.436 e. The second-order valence-corrected chi connectivity index (χ2v) is 6.94. The van der Waals surface area contributed by atoms with E-state index >= 15 is 0 Å². The van der Waals surface area contributed by atoms with E-state index in [0.717, 1.165) is 18.8 Å². The summed E-state index contributed by atoms with van der Waals surface area (Å²) in [6.07, 6.45) is 2.90. The number of ether oxygens (including phenoxy) is 1. The highest BCUT2D eigenvalue weighted by atomic mass is 16.5. The van der Waals surface area contributed by atoms with E-state index < -0.39 is 12.5 Å². The summed E-state index contributed by atoms with van der Waals surface area (Å²) in [6, 6.07) is 7.43. The second-order valence-electron chi connectivity index (χ2n) is 6.94. The Hall–Kier alpha value is -3.10. The first-order valence-electron chi connectivity index (χ1n) is 10.5. The zero-order chi connectivity index (χ0) is 21.8. The molecule has 28 heavy (non-hydrogen) atoms. The monoisotopic (exact) mass is 381 g/mol. The Morgan fingerprint density at radius 1 is 1.29 bits per heavy atom. The predicted molar refractivity (Wildman–Crippen MR) is 107 cm³/mol. The lowest BCUT2D eigenvalue weighted by Crippen LogP contribution is -2.47. The van der Waals surface area contributed by atoms with Gasteiger partial charge in [0.15, 0.2) is 5.58 Å². The fourth-order valence-electron chi connectivity index (χ4n) is 3.58. The molecule has 2 aromatic heterocycles. The van der Waals surface area contributed by atoms with E-state index in [-0.39, 0.29) is 5.82 Å². The van der Waals surface area contributed by atoms with Gasteiger partial charge in [0, 0.05) is 46.4 Å². The third kappa shape index (κ3) is 2.78. The normalized spacial score (nSPS) is 24.0. The van der Waals surface area contributed by atoms with Gasteiger partial charge in [0.05, 0.1) is 18.8 Å². The number of rotatable bonds is 2. The third-order valence-electron chi connectivity index (χ3n) is 5.06. The Morgan fingerprint density at radius 2 is 2.14 bits per heavy atom. The van der Waals surface area contributed by atoms with Crippen LogP contribution in [0, 0.1) is 0 Å². The Bertz CT molecular complexity index is 1190. The molecule has 1 saturated heterocycles. The smallest absolute Gasteiger partial charge is 0.229 e. The van der Waals surface area contributed by atoms with Crippen LogP contribution in [0.1, 0.15) is 28.0 Å². The molecule has 0 amide bonds. The Kier molecular flexibility index (Phi) is 3.10. The Balaban J connectivity index is 1.58. The number of nitrogens with two attached hydrogens (primary N) is 2. The van der Waals surface area contributed by atoms with E-state index in [4.69, 9.17) is 24.7 Å². The van der Waals surface area contributed by atoms with Crippen molar-refractivity contribution in [2.45, 2.75) is 12.5 Å². The summed E-state index contributed by atoms with van der Waals surface area (Å²) in [4.78, 5) is 10.9. The van der Waals surface area contributed by atoms with Crippen molar-refractivity contribution in [1.29, 1.82) is 0 Å². The molecule has 0 saturated carbocycles. The molecule has 5 rings (SSSR count). The molecule has 2 aliphatic heterocycles. The molecule has 0 bridgehead atoms. The lowest BCUT2D eigenvalue weighted by Gasteiger charge is -2.32. The third-order valence-corrected chi connectivity index (χ3v) is 5.06. The van der Waals surface area contributed by atoms with Crippen LogP contribution < -0.4 is 21.7 Å². The second kappa shape index (κ2) is 6.22. The van der Waals surface area contributed by atoms with Gasteiger partial charge in [0.25, 0.3) is 0 Å². The van der Waals surface area contributed by atoms with Gasteiger partial charge in [-0.2, -0.15) is 0 Å². The first-order valence-corrected chi connectivity index (χ1v) is 9.03. The first-order chi connectivity index (χ1) is 14.8. The van der Waals surface area contributed by atoms with Crippen molar-refractivity contribution in [2.24, 2.45) is 5.73 Å². The predicted octanol–water partition coefficient (Wildman–Crippen LogP) is 1.77. The quantitative estimate of drug-likeness (QED) is 0.615. The molecule has 8 heteroatoms. The van der Waals surface area contributed by atoms with Crippen LogP contribution in [0.2, 0.25) is 0 Å². The van der Waals surface area contributed by atoms with Gasteiger partial charge in [0.1, 0.15) is 17.0 Å². The van der Waals surface area contributed by atoms with Gasteiger partial charge in [-0.1, -0.05) is 0 Å². The number of nitrogens with one attached hydrogen (secondary N) is 1. The van der Waals surface area contributed by atoms with E-state index in [1.807, 2.05) is 18.2 Å². The zero-order valence-electron chi connectivity index (χ0n) is 18.1. The molecule has 3 aromatic rings. The number of benzene rings is 1. The van der Waals surface area contributed by atoms with Crippen LogP contribution in [-0.4, -0.2) is 36.3 Å². The van der Waals surface area contributed by atoms with Crippen LogP contribution >= 0.6 is 0 Å². The van der Waals surface area contributed by atoms with E-state index in [1.165, 1.54) is 12.4 Å². The summed E-state index contributed by atoms with van der Waals surface area (Å²) in [5, 5.41) is 2.82. The number of nitrogen functional groups attached to an aromatic ring is 1. The highest BCUT2D eigenvalue weighted by Crippen LogP contribution is 2.35. The van der Waals surface area contributed by atoms with Gasteiger partial charge in [-0.25, -0.2) is 9.97 Å². The maximum Gasteiger partial charge on any atom is 0.229 e. The van der Waals surface area contributed by atoms with Crippen LogP contribution in [0.4, 0.5) is 11.5 Å². The van der Waals surface area contributed by atoms with E-state index in [1.54, 1.807) is 6.07 Å². The maximum absolute atomic E-state index is 7.89. The SMILES string of the molecule is [2H]C([2H])([2H])C1(N)NC=C(c2nc3cc(N4CCOCC4)ccc3o2)c2cc(N)ncc21. The van der Waals surface area contributed by atoms with E-state index in [9.17, 15) is 0 Å². The topological polar surface area (TPSA) is 115 Å². The number of anilines is 2. The van der Waals surface area contributed by atoms with E-state index in [2.05, 4.69) is 20.2 Å². The molecule has 2 aliphatic rings. The molecule has 1 unspecified atom stereocenters. The number of morpholine rings is 1. The number of nitrogens with zero attached hydrogens (tertiary/aromatic N) is 3. The summed E-state index contributed by atoms with van der Waals surface area (Å²) in [7, 11) is 0. The number of pyridine rings is 1. The lowest BCUT2D eigenvalue weighted by atomic mass is 9.90. The Morgan fingerprint density at radius 3 is 2.96 bits per heavy atom. The summed E-state index contributed by atoms with van der Waals surface area (Å²) >= 11 is 0. The molecule has 4 heterocycles. The van der Waals surface area contributed by atoms with Crippen molar-refractivity contribution in [3.05, 3.63) is 53.7 Å². The molecule has 0 spiro atoms. The summed E-state index contributed by atoms with van der Waals surface area (Å²) in [5.41, 5.74) is 14.1. The van der Waals surface area contributed by atoms with Gasteiger partial charge in [-0.05, 0) is 31.1 Å². The molecule has 8 nitrogen and oxygen atoms in total. The highest BCUT2D eigenvalue weighted by Gasteiger charge is 2.31. The molecule has 1 atom stereocenters. The number of hydrogen-bond acceptors (Lipinski definition) is 8. The van der Waals surface area contributed by atoms with Crippen molar-refractivity contribution in [3.63, 3.8) is 0 Å². The van der Waals surface area contributed by atoms with Crippen LogP contribution in [0.3, 0.4) is 0 Å². The average molecular weight is 381 g/mol. The number of hydrogen-bond donors (Lipinski definition) is 3. The maximum atomic E-state index is 7.89. The van der Waals surface area contributed by atoms with Gasteiger partial charge in [-0.15, -0.1) is 0 Å². The number of aromatic nitrogens is 2. The van der Waals surface area contributed by atoms with Gasteiger partial charge >= 0.3 is 0 Å². The van der Waals surface area contributed by atoms with E-state index in [0.29, 0.717) is 46.9 Å². The Labute approximate surface area is 166 Å². The first kappa shape index (κ1) is 14.0. The van der Waals surface area contributed by atoms with Crippen molar-refractivity contribution in [3.8, 4) is 0 Å². The summed E-state index contributed by atoms with van der Waals surface area (Å²) < 4.78 is 35.1. The molecule has 144 valence electrons. The minimum absolute atomic E-state index is 0.241. The molecular formula is C20H22N6O2. The van der Waals surface area contributed by atoms with Crippen molar-refractivity contribution in [1.82, 2.24) is 15.3 Å². The van der Waals surface area contributed by atoms with Gasteiger partial charge in [0.2, 0.25) is 5.89 Å². The summed E-state index contributed by atoms with van der Waals surface area (Å²) in [6.45, 7) is 0.502. The van der Waals surface area contributed by atoms with Crippen molar-refractivity contribution in [2.75, 3.05) is 36.9 Å². The van der Waals surface area contributed by atoms with Gasteiger partial charge < -0.3 is 30.8 Å². The largest absolute Gasteiger partial charge is 0.436 e. The minimum atomic E-state index is -2.52. The highest BCUT2D eigenvalue weighted by molar-refractivity contribution is 5.85. The molecular weight excluding hydrogens is 356 g/mol. The van der Waals surface area contributed by atoms with Gasteiger partial charge in [-0.3, -0.25) is 0 Å². The summed E-state index contributed by atoms with van der Waals surface area (Å²) in [5.74, 6) is 0.575. The van der Waals surface area contributed by atoms with Crippen LogP contribution in [-0.2, 0) is 10.4 Å². The average Bonchev–Trinajstić information content (AvgIpc) is 3.16. The molecule has 0 aliphatic carbocycles. The zero-order valence-corrected chi connectivity index (χ0v) is 15.1. The standard InChI is InChI=1S/C20H22N6O2/c1-20(22)15-11-23-18(21)9-13(15)14(10-24-20)19-25-16-8-12(2-3-17(16)28-19)26-4-6-27-7-5-26/h2-3,8-11,24H,4-7,22H2,1H3,(H2,21,23)/i1D3. The molecule has 1 fully saturated rings. The van der Waals surface area contributed by atoms with Crippen molar-refractivity contribution < 1.29 is 13.3 Å². The number of oxazole rings is 1. The molecule has 5 N–H and O–H groups in total. The van der Waals surface area contributed by atoms with Crippen molar-refractivity contribution >= 4 is 28.2 Å². The fraction of sp³-hybridized carbons (Fsp3) is 0.300. The lowest BCUT2D eigenvalue weighted by molar-refractivity contribution is 0.122.